The van der Waals surface area contributed by atoms with E-state index in [2.05, 4.69) is 5.32 Å². The molecule has 336 valence electrons. The highest BCUT2D eigenvalue weighted by atomic mass is 35.5. The Hall–Kier alpha value is -5.45. The lowest BCUT2D eigenvalue weighted by Gasteiger charge is -2.67. The van der Waals surface area contributed by atoms with Crippen LogP contribution in [0.1, 0.15) is 86.7 Å². The number of halogens is 1. The Balaban J connectivity index is 0.00000661. The minimum atomic E-state index is -2.39. The summed E-state index contributed by atoms with van der Waals surface area (Å²) in [5.41, 5.74) is -7.02. The zero-order valence-electron chi connectivity index (χ0n) is 35.6. The van der Waals surface area contributed by atoms with Crippen LogP contribution in [-0.4, -0.2) is 105 Å². The van der Waals surface area contributed by atoms with Crippen LogP contribution in [0, 0.1) is 16.7 Å². The van der Waals surface area contributed by atoms with Gasteiger partial charge in [0.1, 0.15) is 23.9 Å². The van der Waals surface area contributed by atoms with Gasteiger partial charge in [-0.3, -0.25) is 19.2 Å². The molecule has 3 aromatic carbocycles. The summed E-state index contributed by atoms with van der Waals surface area (Å²) in [6.45, 7) is 7.97. The molecule has 63 heavy (non-hydrogen) atoms. The number of rotatable bonds is 10. The Bertz CT molecular complexity index is 2290. The molecule has 0 spiro atoms. The average molecular weight is 890 g/mol. The van der Waals surface area contributed by atoms with E-state index in [1.807, 2.05) is 0 Å². The van der Waals surface area contributed by atoms with Gasteiger partial charge in [-0.1, -0.05) is 80.6 Å². The van der Waals surface area contributed by atoms with Crippen LogP contribution in [-0.2, 0) is 42.9 Å². The van der Waals surface area contributed by atoms with Crippen LogP contribution >= 0.6 is 12.4 Å². The Kier molecular flexibility index (Phi) is 13.1. The monoisotopic (exact) mass is 889 g/mol. The number of carbonyl (C=O) groups is 6. The number of benzene rings is 3. The zero-order chi connectivity index (χ0) is 44.9. The first-order chi connectivity index (χ1) is 29.3. The predicted molar refractivity (Wildman–Crippen MR) is 225 cm³/mol. The molecule has 3 aliphatic carbocycles. The van der Waals surface area contributed by atoms with Crippen molar-refractivity contribution in [1.82, 2.24) is 5.32 Å². The third-order valence-corrected chi connectivity index (χ3v) is 13.5. The van der Waals surface area contributed by atoms with E-state index >= 15 is 4.79 Å². The van der Waals surface area contributed by atoms with Crippen LogP contribution in [0.4, 0.5) is 0 Å². The van der Waals surface area contributed by atoms with Crippen LogP contribution in [0.5, 0.6) is 0 Å². The predicted octanol–water partition coefficient (Wildman–Crippen LogP) is 4.16. The fourth-order valence-electron chi connectivity index (χ4n) is 10.2. The van der Waals surface area contributed by atoms with E-state index < -0.39 is 113 Å². The molecule has 4 N–H and O–H groups in total. The fourth-order valence-corrected chi connectivity index (χ4v) is 10.2. The molecule has 4 aliphatic rings. The zero-order valence-corrected chi connectivity index (χ0v) is 36.5. The van der Waals surface area contributed by atoms with E-state index in [0.717, 1.165) is 13.8 Å². The summed E-state index contributed by atoms with van der Waals surface area (Å²) in [5.74, 6) is -6.84. The minimum Gasteiger partial charge on any atom is -0.456 e. The number of carbonyl (C=O) groups excluding carboxylic acids is 6. The first kappa shape index (κ1) is 47.0. The molecule has 0 unspecified atom stereocenters. The van der Waals surface area contributed by atoms with E-state index in [1.54, 1.807) is 92.7 Å². The largest absolute Gasteiger partial charge is 0.456 e. The number of aliphatic hydroxyl groups is 3. The van der Waals surface area contributed by atoms with E-state index in [0.29, 0.717) is 5.56 Å². The number of fused-ring (bicyclic) bond motifs is 5. The van der Waals surface area contributed by atoms with Gasteiger partial charge >= 0.3 is 23.9 Å². The molecule has 1 amide bonds. The van der Waals surface area contributed by atoms with Gasteiger partial charge in [-0.15, -0.1) is 12.4 Å². The third-order valence-electron chi connectivity index (χ3n) is 13.5. The number of ketones is 1. The average Bonchev–Trinajstić information content (AvgIpc) is 3.24. The molecule has 0 radical (unpaired) electrons. The number of amides is 1. The van der Waals surface area contributed by atoms with Crippen LogP contribution in [0.2, 0.25) is 0 Å². The van der Waals surface area contributed by atoms with E-state index in [4.69, 9.17) is 23.7 Å². The number of nitrogens with one attached hydrogen (secondary N) is 1. The summed E-state index contributed by atoms with van der Waals surface area (Å²) >= 11 is 0. The third kappa shape index (κ3) is 7.94. The molecule has 0 aromatic heterocycles. The molecule has 1 heterocycles. The van der Waals surface area contributed by atoms with Crippen LogP contribution in [0.15, 0.2) is 102 Å². The number of esters is 4. The SMILES string of the molecule is CC(=O)O[C@H]1C(=O)[C@@]2(C)[C@H]([C@H](OC(=O)c3ccccc3)[C@]3(O)C[C@H](OC(=O)[C@H](O)[C@@H](NC(=O)c4ccccc4)c4ccccc4)C(C)=C1C3(C)C)[C@]1(OC(C)=O)CO[C@@H]1C[C@@H]2O.Cl. The van der Waals surface area contributed by atoms with Crippen molar-refractivity contribution >= 4 is 48.0 Å². The highest BCUT2D eigenvalue weighted by Gasteiger charge is 2.78. The number of hydrogen-bond donors (Lipinski definition) is 4. The second kappa shape index (κ2) is 17.6. The van der Waals surface area contributed by atoms with Crippen molar-refractivity contribution in [3.8, 4) is 0 Å². The highest BCUT2D eigenvalue weighted by Crippen LogP contribution is 2.64. The first-order valence-electron chi connectivity index (χ1n) is 20.5. The molecule has 2 bridgehead atoms. The Morgan fingerprint density at radius 3 is 1.94 bits per heavy atom. The topological polar surface area (TPSA) is 221 Å². The number of hydrogen-bond acceptors (Lipinski definition) is 14. The van der Waals surface area contributed by atoms with Crippen LogP contribution in [0.3, 0.4) is 0 Å². The normalized spacial score (nSPS) is 31.3. The molecule has 1 saturated heterocycles. The van der Waals surface area contributed by atoms with Gasteiger partial charge < -0.3 is 44.3 Å². The molecule has 3 fully saturated rings. The van der Waals surface area contributed by atoms with Crippen molar-refractivity contribution in [2.24, 2.45) is 16.7 Å². The number of ether oxygens (including phenoxy) is 5. The Labute approximate surface area is 370 Å². The lowest BCUT2D eigenvalue weighted by atomic mass is 9.44. The number of Topliss-reactive ketones (excluding diaryl/α,β-unsaturated/α-hetero) is 1. The molecule has 16 heteroatoms. The van der Waals surface area contributed by atoms with Gasteiger partial charge in [0.2, 0.25) is 0 Å². The second-order valence-corrected chi connectivity index (χ2v) is 17.4. The maximum atomic E-state index is 15.5. The van der Waals surface area contributed by atoms with Crippen molar-refractivity contribution in [3.63, 3.8) is 0 Å². The summed E-state index contributed by atoms with van der Waals surface area (Å²) in [7, 11) is 0. The van der Waals surface area contributed by atoms with Crippen molar-refractivity contribution in [2.75, 3.05) is 6.61 Å². The van der Waals surface area contributed by atoms with Crippen molar-refractivity contribution in [1.29, 1.82) is 0 Å². The van der Waals surface area contributed by atoms with Gasteiger partial charge in [0.05, 0.1) is 35.6 Å². The van der Waals surface area contributed by atoms with Crippen molar-refractivity contribution in [2.45, 2.75) is 108 Å². The van der Waals surface area contributed by atoms with Crippen LogP contribution in [0.25, 0.3) is 0 Å². The van der Waals surface area contributed by atoms with Gasteiger partial charge in [-0.05, 0) is 54.8 Å². The second-order valence-electron chi connectivity index (χ2n) is 17.4. The summed E-state index contributed by atoms with van der Waals surface area (Å²) in [4.78, 5) is 83.5. The van der Waals surface area contributed by atoms with Gasteiger partial charge in [0.25, 0.3) is 5.91 Å². The van der Waals surface area contributed by atoms with E-state index in [9.17, 15) is 39.3 Å². The fraction of sp³-hybridized carbons (Fsp3) is 0.447. The van der Waals surface area contributed by atoms with E-state index in [1.165, 1.54) is 26.0 Å². The van der Waals surface area contributed by atoms with E-state index in [-0.39, 0.29) is 47.7 Å². The minimum absolute atomic E-state index is 0. The molecule has 2 saturated carbocycles. The van der Waals surface area contributed by atoms with Crippen molar-refractivity contribution < 1.29 is 67.8 Å². The number of aliphatic hydroxyl groups excluding tert-OH is 2. The Morgan fingerprint density at radius 1 is 0.825 bits per heavy atom. The maximum Gasteiger partial charge on any atom is 0.338 e. The summed E-state index contributed by atoms with van der Waals surface area (Å²) in [5, 5.41) is 40.2. The molecule has 15 nitrogen and oxygen atoms in total. The summed E-state index contributed by atoms with van der Waals surface area (Å²) in [6, 6.07) is 22.9. The lowest BCUT2D eigenvalue weighted by molar-refractivity contribution is -0.346. The molecule has 7 rings (SSSR count). The molecule has 1 aliphatic heterocycles. The van der Waals surface area contributed by atoms with Crippen LogP contribution < -0.4 is 5.32 Å². The summed E-state index contributed by atoms with van der Waals surface area (Å²) in [6.07, 6.45) is -10.5. The van der Waals surface area contributed by atoms with Gasteiger partial charge in [0, 0.05) is 37.7 Å². The lowest BCUT2D eigenvalue weighted by Crippen LogP contribution is -2.82. The molecule has 11 atom stereocenters. The van der Waals surface area contributed by atoms with Crippen molar-refractivity contribution in [3.05, 3.63) is 119 Å². The first-order valence-corrected chi connectivity index (χ1v) is 20.5. The summed E-state index contributed by atoms with van der Waals surface area (Å²) < 4.78 is 30.3. The quantitative estimate of drug-likeness (QED) is 0.128. The van der Waals surface area contributed by atoms with Gasteiger partial charge in [-0.2, -0.15) is 0 Å². The molecular weight excluding hydrogens is 838 g/mol. The van der Waals surface area contributed by atoms with Gasteiger partial charge in [0.15, 0.2) is 23.6 Å². The van der Waals surface area contributed by atoms with Gasteiger partial charge in [-0.25, -0.2) is 9.59 Å². The maximum absolute atomic E-state index is 15.5. The highest BCUT2D eigenvalue weighted by molar-refractivity contribution is 5.96. The smallest absolute Gasteiger partial charge is 0.338 e. The standard InChI is InChI=1S/C47H51NO14.ClH/c1-25-31(60-43(56)36(52)35(28-16-10-7-11-17-28)48-41(54)29-18-12-8-13-19-29)23-47(57)40(61-42(55)30-20-14-9-15-21-30)38-45(6,32(51)22-33-46(38,24-58-33)62-27(3)50)39(53)37(59-26(2)49)34(25)44(47,4)5;/h7-21,31-33,35-38,40,51-52,57H,22-24H2,1-6H3,(H,48,54);1H/t31-,32-,33+,35-,36+,37+,38-,40-,45+,46-,47+;/m0./s1. The molecule has 3 aromatic rings. The Morgan fingerprint density at radius 2 is 1.40 bits per heavy atom. The molecular formula is C47H52ClNO14.